The molecule has 1 aromatic heterocycles. The molecule has 5 nitrogen and oxygen atoms in total. The number of carbonyl (C=O) groups excluding carboxylic acids is 1. The SMILES string of the molecule is CC(C)c1ccc(/C=C/C(=O)Nc2ccccc2OCCn2ccnc2)cc1. The van der Waals surface area contributed by atoms with E-state index in [-0.39, 0.29) is 5.91 Å². The number of imidazole rings is 1. The van der Waals surface area contributed by atoms with Gasteiger partial charge in [0.2, 0.25) is 5.91 Å². The van der Waals surface area contributed by atoms with Gasteiger partial charge in [0, 0.05) is 18.5 Å². The summed E-state index contributed by atoms with van der Waals surface area (Å²) in [4.78, 5) is 16.3. The Balaban J connectivity index is 1.57. The molecule has 3 rings (SSSR count). The molecule has 28 heavy (non-hydrogen) atoms. The van der Waals surface area contributed by atoms with Crippen molar-refractivity contribution in [2.75, 3.05) is 11.9 Å². The quantitative estimate of drug-likeness (QED) is 0.579. The highest BCUT2D eigenvalue weighted by Crippen LogP contribution is 2.24. The molecule has 5 heteroatoms. The number of carbonyl (C=O) groups is 1. The summed E-state index contributed by atoms with van der Waals surface area (Å²) in [5.74, 6) is 0.941. The van der Waals surface area contributed by atoms with Gasteiger partial charge in [0.15, 0.2) is 0 Å². The first kappa shape index (κ1) is 19.4. The van der Waals surface area contributed by atoms with Crippen molar-refractivity contribution in [2.45, 2.75) is 26.3 Å². The van der Waals surface area contributed by atoms with Crippen LogP contribution in [0.2, 0.25) is 0 Å². The Bertz CT molecular complexity index is 913. The van der Waals surface area contributed by atoms with Crippen molar-refractivity contribution in [3.8, 4) is 5.75 Å². The first-order valence-electron chi connectivity index (χ1n) is 9.38. The van der Waals surface area contributed by atoms with Crippen LogP contribution in [0.15, 0.2) is 73.3 Å². The van der Waals surface area contributed by atoms with Gasteiger partial charge in [-0.15, -0.1) is 0 Å². The standard InChI is InChI=1S/C23H25N3O2/c1-18(2)20-10-7-19(8-11-20)9-12-23(27)25-21-5-3-4-6-22(21)28-16-15-26-14-13-24-17-26/h3-14,17-18H,15-16H2,1-2H3,(H,25,27)/b12-9+. The van der Waals surface area contributed by atoms with E-state index >= 15 is 0 Å². The number of ether oxygens (including phenoxy) is 1. The predicted molar refractivity (Wildman–Crippen MR) is 112 cm³/mol. The average molecular weight is 375 g/mol. The number of benzene rings is 2. The number of nitrogens with one attached hydrogen (secondary N) is 1. The molecule has 1 amide bonds. The largest absolute Gasteiger partial charge is 0.490 e. The van der Waals surface area contributed by atoms with E-state index in [0.717, 1.165) is 5.56 Å². The van der Waals surface area contributed by atoms with Gasteiger partial charge in [-0.3, -0.25) is 4.79 Å². The van der Waals surface area contributed by atoms with Gasteiger partial charge in [0.1, 0.15) is 12.4 Å². The maximum Gasteiger partial charge on any atom is 0.248 e. The van der Waals surface area contributed by atoms with Crippen LogP contribution < -0.4 is 10.1 Å². The van der Waals surface area contributed by atoms with E-state index in [1.54, 1.807) is 12.5 Å². The molecule has 2 aromatic carbocycles. The molecule has 0 spiro atoms. The molecule has 0 aliphatic rings. The zero-order chi connectivity index (χ0) is 19.8. The smallest absolute Gasteiger partial charge is 0.248 e. The van der Waals surface area contributed by atoms with Crippen molar-refractivity contribution in [1.82, 2.24) is 9.55 Å². The molecule has 0 radical (unpaired) electrons. The molecule has 3 aromatic rings. The molecule has 1 N–H and O–H groups in total. The lowest BCUT2D eigenvalue weighted by molar-refractivity contribution is -0.111. The first-order valence-corrected chi connectivity index (χ1v) is 9.38. The summed E-state index contributed by atoms with van der Waals surface area (Å²) < 4.78 is 7.76. The summed E-state index contributed by atoms with van der Waals surface area (Å²) in [6.45, 7) is 5.50. The highest BCUT2D eigenvalue weighted by Gasteiger charge is 2.06. The summed E-state index contributed by atoms with van der Waals surface area (Å²) in [6.07, 6.45) is 8.70. The molecule has 0 bridgehead atoms. The van der Waals surface area contributed by atoms with Crippen LogP contribution in [0.4, 0.5) is 5.69 Å². The van der Waals surface area contributed by atoms with E-state index < -0.39 is 0 Å². The molecule has 144 valence electrons. The van der Waals surface area contributed by atoms with Crippen molar-refractivity contribution >= 4 is 17.7 Å². The van der Waals surface area contributed by atoms with Crippen LogP contribution in [0.5, 0.6) is 5.75 Å². The minimum absolute atomic E-state index is 0.196. The Morgan fingerprint density at radius 1 is 1.18 bits per heavy atom. The molecule has 0 aliphatic carbocycles. The van der Waals surface area contributed by atoms with Crippen molar-refractivity contribution < 1.29 is 9.53 Å². The predicted octanol–water partition coefficient (Wildman–Crippen LogP) is 4.74. The van der Waals surface area contributed by atoms with E-state index in [0.29, 0.717) is 30.5 Å². The van der Waals surface area contributed by atoms with Crippen molar-refractivity contribution in [2.24, 2.45) is 0 Å². The van der Waals surface area contributed by atoms with Crippen molar-refractivity contribution in [3.05, 3.63) is 84.5 Å². The molecule has 1 heterocycles. The highest BCUT2D eigenvalue weighted by molar-refractivity contribution is 6.02. The summed E-state index contributed by atoms with van der Waals surface area (Å²) in [5, 5.41) is 2.88. The van der Waals surface area contributed by atoms with Crippen LogP contribution in [0, 0.1) is 0 Å². The molecular weight excluding hydrogens is 350 g/mol. The lowest BCUT2D eigenvalue weighted by atomic mass is 10.0. The number of anilines is 1. The summed E-state index contributed by atoms with van der Waals surface area (Å²) in [6, 6.07) is 15.6. The topological polar surface area (TPSA) is 56.1 Å². The van der Waals surface area contributed by atoms with Crippen LogP contribution in [-0.2, 0) is 11.3 Å². The molecule has 0 saturated heterocycles. The number of hydrogen-bond acceptors (Lipinski definition) is 3. The minimum Gasteiger partial charge on any atom is -0.490 e. The molecule has 0 aliphatic heterocycles. The second-order valence-electron chi connectivity index (χ2n) is 6.79. The van der Waals surface area contributed by atoms with E-state index in [9.17, 15) is 4.79 Å². The van der Waals surface area contributed by atoms with Gasteiger partial charge < -0.3 is 14.6 Å². The van der Waals surface area contributed by atoms with E-state index in [1.807, 2.05) is 53.2 Å². The van der Waals surface area contributed by atoms with E-state index in [2.05, 4.69) is 36.3 Å². The Kier molecular flexibility index (Phi) is 6.63. The number of para-hydroxylation sites is 2. The average Bonchev–Trinajstić information content (AvgIpc) is 3.21. The number of rotatable bonds is 8. The first-order chi connectivity index (χ1) is 13.6. The van der Waals surface area contributed by atoms with Crippen LogP contribution in [0.3, 0.4) is 0 Å². The molecule has 0 fully saturated rings. The maximum absolute atomic E-state index is 12.3. The van der Waals surface area contributed by atoms with E-state index in [1.165, 1.54) is 11.6 Å². The van der Waals surface area contributed by atoms with Gasteiger partial charge in [-0.25, -0.2) is 4.98 Å². The fraction of sp³-hybridized carbons (Fsp3) is 0.217. The molecule has 0 saturated carbocycles. The van der Waals surface area contributed by atoms with Crippen LogP contribution in [-0.4, -0.2) is 22.1 Å². The molecule has 0 atom stereocenters. The highest BCUT2D eigenvalue weighted by atomic mass is 16.5. The van der Waals surface area contributed by atoms with Gasteiger partial charge >= 0.3 is 0 Å². The van der Waals surface area contributed by atoms with Gasteiger partial charge in [-0.1, -0.05) is 50.2 Å². The van der Waals surface area contributed by atoms with Crippen LogP contribution >= 0.6 is 0 Å². The van der Waals surface area contributed by atoms with Gasteiger partial charge in [-0.05, 0) is 35.3 Å². The lowest BCUT2D eigenvalue weighted by Crippen LogP contribution is -2.11. The number of hydrogen-bond donors (Lipinski definition) is 1. The Hall–Kier alpha value is -3.34. The third-order valence-corrected chi connectivity index (χ3v) is 4.34. The molecular formula is C23H25N3O2. The zero-order valence-corrected chi connectivity index (χ0v) is 16.2. The van der Waals surface area contributed by atoms with Gasteiger partial charge in [0.05, 0.1) is 18.6 Å². The fourth-order valence-electron chi connectivity index (χ4n) is 2.71. The summed E-state index contributed by atoms with van der Waals surface area (Å²) in [5.41, 5.74) is 2.92. The van der Waals surface area contributed by atoms with Gasteiger partial charge in [-0.2, -0.15) is 0 Å². The van der Waals surface area contributed by atoms with Crippen LogP contribution in [0.25, 0.3) is 6.08 Å². The lowest BCUT2D eigenvalue weighted by Gasteiger charge is -2.12. The third kappa shape index (κ3) is 5.58. The summed E-state index contributed by atoms with van der Waals surface area (Å²) in [7, 11) is 0. The number of aromatic nitrogens is 2. The minimum atomic E-state index is -0.196. The van der Waals surface area contributed by atoms with Crippen molar-refractivity contribution in [1.29, 1.82) is 0 Å². The van der Waals surface area contributed by atoms with Gasteiger partial charge in [0.25, 0.3) is 0 Å². The van der Waals surface area contributed by atoms with E-state index in [4.69, 9.17) is 4.74 Å². The Morgan fingerprint density at radius 2 is 1.96 bits per heavy atom. The maximum atomic E-state index is 12.3. The van der Waals surface area contributed by atoms with Crippen LogP contribution in [0.1, 0.15) is 30.9 Å². The molecule has 0 unspecified atom stereocenters. The monoisotopic (exact) mass is 375 g/mol. The van der Waals surface area contributed by atoms with Crippen molar-refractivity contribution in [3.63, 3.8) is 0 Å². The number of amides is 1. The summed E-state index contributed by atoms with van der Waals surface area (Å²) >= 11 is 0. The second-order valence-corrected chi connectivity index (χ2v) is 6.79. The second kappa shape index (κ2) is 9.55. The number of nitrogens with zero attached hydrogens (tertiary/aromatic N) is 2. The fourth-order valence-corrected chi connectivity index (χ4v) is 2.71. The third-order valence-electron chi connectivity index (χ3n) is 4.34. The normalized spacial score (nSPS) is 11.1. The Morgan fingerprint density at radius 3 is 2.68 bits per heavy atom. The zero-order valence-electron chi connectivity index (χ0n) is 16.2. The Labute approximate surface area is 165 Å².